The average molecular weight is 255 g/mol. The summed E-state index contributed by atoms with van der Waals surface area (Å²) in [4.78, 5) is 5.01. The molecule has 18 heavy (non-hydrogen) atoms. The van der Waals surface area contributed by atoms with Crippen LogP contribution < -0.4 is 5.73 Å². The fourth-order valence-corrected chi connectivity index (χ4v) is 3.21. The third-order valence-corrected chi connectivity index (χ3v) is 4.76. The molecule has 3 nitrogen and oxygen atoms in total. The second-order valence-corrected chi connectivity index (χ2v) is 6.57. The van der Waals surface area contributed by atoms with Crippen LogP contribution >= 0.6 is 0 Å². The van der Waals surface area contributed by atoms with Gasteiger partial charge in [0.1, 0.15) is 0 Å². The van der Waals surface area contributed by atoms with Crippen LogP contribution in [0.25, 0.3) is 0 Å². The van der Waals surface area contributed by atoms with Crippen molar-refractivity contribution < 1.29 is 0 Å². The molecule has 0 bridgehead atoms. The number of unbranched alkanes of at least 4 members (excludes halogenated alkanes) is 2. The Morgan fingerprint density at radius 3 is 2.39 bits per heavy atom. The van der Waals surface area contributed by atoms with Crippen LogP contribution in [0.15, 0.2) is 0 Å². The summed E-state index contributed by atoms with van der Waals surface area (Å²) >= 11 is 0. The van der Waals surface area contributed by atoms with E-state index in [2.05, 4.69) is 44.7 Å². The third-order valence-electron chi connectivity index (χ3n) is 4.76. The summed E-state index contributed by atoms with van der Waals surface area (Å²) in [5, 5.41) is 0. The van der Waals surface area contributed by atoms with Crippen molar-refractivity contribution in [3.63, 3.8) is 0 Å². The molecule has 0 aromatic rings. The van der Waals surface area contributed by atoms with Gasteiger partial charge in [-0.25, -0.2) is 0 Å². The van der Waals surface area contributed by atoms with Crippen molar-refractivity contribution in [2.24, 2.45) is 11.7 Å². The van der Waals surface area contributed by atoms with Gasteiger partial charge in [0.2, 0.25) is 0 Å². The number of hydrogen-bond acceptors (Lipinski definition) is 3. The minimum absolute atomic E-state index is 0.203. The summed E-state index contributed by atoms with van der Waals surface area (Å²) in [6.07, 6.45) is 5.17. The predicted molar refractivity (Wildman–Crippen MR) is 79.8 cm³/mol. The molecule has 0 radical (unpaired) electrons. The van der Waals surface area contributed by atoms with Crippen molar-refractivity contribution in [1.29, 1.82) is 0 Å². The molecule has 0 aromatic heterocycles. The lowest BCUT2D eigenvalue weighted by atomic mass is 9.92. The first-order valence-electron chi connectivity index (χ1n) is 7.56. The maximum Gasteiger partial charge on any atom is 0.0304 e. The van der Waals surface area contributed by atoms with Gasteiger partial charge in [0, 0.05) is 31.2 Å². The van der Waals surface area contributed by atoms with Gasteiger partial charge in [0.05, 0.1) is 0 Å². The van der Waals surface area contributed by atoms with Gasteiger partial charge in [-0.1, -0.05) is 33.1 Å². The van der Waals surface area contributed by atoms with Gasteiger partial charge in [0.15, 0.2) is 0 Å². The molecule has 108 valence electrons. The number of nitrogens with zero attached hydrogens (tertiary/aromatic N) is 2. The highest BCUT2D eigenvalue weighted by atomic mass is 15.3. The Labute approximate surface area is 114 Å². The van der Waals surface area contributed by atoms with Crippen LogP contribution in [0.5, 0.6) is 0 Å². The SMILES string of the molecule is CCCCCC(C)(CN)N1CC(C)C(N(C)C)C1. The molecule has 0 aliphatic carbocycles. The predicted octanol–water partition coefficient (Wildman–Crippen LogP) is 2.17. The van der Waals surface area contributed by atoms with Gasteiger partial charge in [0.25, 0.3) is 0 Å². The Kier molecular flexibility index (Phi) is 6.09. The molecule has 1 heterocycles. The molecule has 0 spiro atoms. The summed E-state index contributed by atoms with van der Waals surface area (Å²) in [5.41, 5.74) is 6.28. The number of rotatable bonds is 7. The lowest BCUT2D eigenvalue weighted by Crippen LogP contribution is -2.51. The minimum atomic E-state index is 0.203. The molecule has 3 atom stereocenters. The monoisotopic (exact) mass is 255 g/mol. The second kappa shape index (κ2) is 6.88. The van der Waals surface area contributed by atoms with Gasteiger partial charge in [-0.15, -0.1) is 0 Å². The molecule has 1 rings (SSSR count). The Balaban J connectivity index is 2.60. The van der Waals surface area contributed by atoms with Crippen LogP contribution in [0.2, 0.25) is 0 Å². The lowest BCUT2D eigenvalue weighted by Gasteiger charge is -2.38. The Morgan fingerprint density at radius 1 is 1.28 bits per heavy atom. The number of likely N-dealkylation sites (N-methyl/N-ethyl adjacent to an activating group) is 1. The van der Waals surface area contributed by atoms with Crippen molar-refractivity contribution in [3.8, 4) is 0 Å². The minimum Gasteiger partial charge on any atom is -0.329 e. The molecule has 0 amide bonds. The first kappa shape index (κ1) is 15.9. The van der Waals surface area contributed by atoms with Crippen molar-refractivity contribution in [2.45, 2.75) is 58.0 Å². The van der Waals surface area contributed by atoms with E-state index in [1.54, 1.807) is 0 Å². The molecule has 1 aliphatic rings. The zero-order valence-electron chi connectivity index (χ0n) is 13.1. The van der Waals surface area contributed by atoms with Gasteiger partial charge in [-0.2, -0.15) is 0 Å². The maximum absolute atomic E-state index is 6.08. The standard InChI is InChI=1S/C15H33N3/c1-6-7-8-9-15(3,12-16)18-10-13(2)14(11-18)17(4)5/h13-14H,6-12,16H2,1-5H3. The van der Waals surface area contributed by atoms with Gasteiger partial charge in [-0.3, -0.25) is 4.90 Å². The third kappa shape index (κ3) is 3.69. The smallest absolute Gasteiger partial charge is 0.0304 e. The molecule has 3 heteroatoms. The van der Waals surface area contributed by atoms with Crippen LogP contribution in [0, 0.1) is 5.92 Å². The van der Waals surface area contributed by atoms with Crippen LogP contribution in [-0.2, 0) is 0 Å². The second-order valence-electron chi connectivity index (χ2n) is 6.57. The molecular weight excluding hydrogens is 222 g/mol. The number of likely N-dealkylation sites (tertiary alicyclic amines) is 1. The van der Waals surface area contributed by atoms with E-state index in [-0.39, 0.29) is 5.54 Å². The van der Waals surface area contributed by atoms with E-state index >= 15 is 0 Å². The molecule has 1 fully saturated rings. The van der Waals surface area contributed by atoms with E-state index in [4.69, 9.17) is 5.73 Å². The highest BCUT2D eigenvalue weighted by molar-refractivity contribution is 4.96. The number of hydrogen-bond donors (Lipinski definition) is 1. The van der Waals surface area contributed by atoms with E-state index in [1.165, 1.54) is 38.8 Å². The maximum atomic E-state index is 6.08. The summed E-state index contributed by atoms with van der Waals surface area (Å²) in [5.74, 6) is 0.747. The lowest BCUT2D eigenvalue weighted by molar-refractivity contribution is 0.118. The first-order chi connectivity index (χ1) is 8.44. The van der Waals surface area contributed by atoms with Gasteiger partial charge < -0.3 is 10.6 Å². The largest absolute Gasteiger partial charge is 0.329 e. The Morgan fingerprint density at radius 2 is 1.94 bits per heavy atom. The first-order valence-corrected chi connectivity index (χ1v) is 7.56. The summed E-state index contributed by atoms with van der Waals surface area (Å²) < 4.78 is 0. The van der Waals surface area contributed by atoms with Crippen molar-refractivity contribution in [2.75, 3.05) is 33.7 Å². The highest BCUT2D eigenvalue weighted by Gasteiger charge is 2.39. The summed E-state index contributed by atoms with van der Waals surface area (Å²) in [6.45, 7) is 10.1. The fourth-order valence-electron chi connectivity index (χ4n) is 3.21. The number of nitrogens with two attached hydrogens (primary N) is 1. The molecule has 1 saturated heterocycles. The normalized spacial score (nSPS) is 28.8. The van der Waals surface area contributed by atoms with E-state index in [9.17, 15) is 0 Å². The van der Waals surface area contributed by atoms with Crippen LogP contribution in [0.3, 0.4) is 0 Å². The average Bonchev–Trinajstić information content (AvgIpc) is 2.72. The molecule has 1 aliphatic heterocycles. The van der Waals surface area contributed by atoms with Crippen molar-refractivity contribution in [3.05, 3.63) is 0 Å². The molecule has 0 aromatic carbocycles. The zero-order valence-corrected chi connectivity index (χ0v) is 13.1. The van der Waals surface area contributed by atoms with Crippen LogP contribution in [-0.4, -0.2) is 55.1 Å². The van der Waals surface area contributed by atoms with Crippen molar-refractivity contribution >= 4 is 0 Å². The molecule has 3 unspecified atom stereocenters. The topological polar surface area (TPSA) is 32.5 Å². The highest BCUT2D eigenvalue weighted by Crippen LogP contribution is 2.30. The summed E-state index contributed by atoms with van der Waals surface area (Å²) in [7, 11) is 4.39. The van der Waals surface area contributed by atoms with Crippen LogP contribution in [0.4, 0.5) is 0 Å². The molecule has 2 N–H and O–H groups in total. The van der Waals surface area contributed by atoms with E-state index in [0.29, 0.717) is 6.04 Å². The summed E-state index contributed by atoms with van der Waals surface area (Å²) in [6, 6.07) is 0.682. The molecule has 0 saturated carbocycles. The van der Waals surface area contributed by atoms with E-state index < -0.39 is 0 Å². The Bertz CT molecular complexity index is 242. The fraction of sp³-hybridized carbons (Fsp3) is 1.00. The van der Waals surface area contributed by atoms with E-state index in [1.807, 2.05) is 0 Å². The Hall–Kier alpha value is -0.120. The zero-order chi connectivity index (χ0) is 13.8. The van der Waals surface area contributed by atoms with Crippen molar-refractivity contribution in [1.82, 2.24) is 9.80 Å². The van der Waals surface area contributed by atoms with E-state index in [0.717, 1.165) is 12.5 Å². The quantitative estimate of drug-likeness (QED) is 0.708. The van der Waals surface area contributed by atoms with Gasteiger partial charge in [-0.05, 0) is 33.4 Å². The van der Waals surface area contributed by atoms with Gasteiger partial charge >= 0.3 is 0 Å². The van der Waals surface area contributed by atoms with Crippen LogP contribution in [0.1, 0.15) is 46.5 Å². The molecular formula is C15H33N3.